The summed E-state index contributed by atoms with van der Waals surface area (Å²) < 4.78 is 5.77. The van der Waals surface area contributed by atoms with Crippen molar-refractivity contribution in [3.05, 3.63) is 29.8 Å². The Hall–Kier alpha value is -2.77. The highest BCUT2D eigenvalue weighted by atomic mass is 16.5. The van der Waals surface area contributed by atoms with Crippen LogP contribution >= 0.6 is 0 Å². The second-order valence-electron chi connectivity index (χ2n) is 8.44. The summed E-state index contributed by atoms with van der Waals surface area (Å²) in [5.41, 5.74) is 0.773. The predicted molar refractivity (Wildman–Crippen MR) is 116 cm³/mol. The standard InChI is InChI=1S/C23H33N3O5/c27-21-20(17-9-3-1-4-10-17)26-23(30)24-12-5-2-6-13-31-18-11-7-8-16(14-18)15-19(25-21)22(28)29/h7-8,11,14,17,19-20H,1-6,9-10,12-13,15H2,(H,25,27)(H,28,29)(H2,24,26,30). The summed E-state index contributed by atoms with van der Waals surface area (Å²) in [4.78, 5) is 37.4. The van der Waals surface area contributed by atoms with Crippen molar-refractivity contribution in [2.24, 2.45) is 5.92 Å². The molecule has 0 aromatic heterocycles. The van der Waals surface area contributed by atoms with Gasteiger partial charge in [-0.15, -0.1) is 0 Å². The molecule has 8 heteroatoms. The molecule has 1 aromatic carbocycles. The molecule has 1 aromatic rings. The van der Waals surface area contributed by atoms with Gasteiger partial charge in [0, 0.05) is 13.0 Å². The van der Waals surface area contributed by atoms with Crippen molar-refractivity contribution in [1.29, 1.82) is 0 Å². The average Bonchev–Trinajstić information content (AvgIpc) is 2.76. The lowest BCUT2D eigenvalue weighted by atomic mass is 9.83. The van der Waals surface area contributed by atoms with Crippen LogP contribution < -0.4 is 20.7 Å². The molecule has 2 unspecified atom stereocenters. The lowest BCUT2D eigenvalue weighted by molar-refractivity contribution is -0.142. The van der Waals surface area contributed by atoms with E-state index in [1.165, 1.54) is 0 Å². The lowest BCUT2D eigenvalue weighted by Gasteiger charge is -2.31. The first-order valence-electron chi connectivity index (χ1n) is 11.3. The highest BCUT2D eigenvalue weighted by molar-refractivity contribution is 5.90. The Morgan fingerprint density at radius 2 is 1.77 bits per heavy atom. The first kappa shape index (κ1) is 22.9. The largest absolute Gasteiger partial charge is 0.494 e. The molecular formula is C23H33N3O5. The Kier molecular flexibility index (Phi) is 8.55. The third-order valence-electron chi connectivity index (χ3n) is 6.02. The molecule has 2 bridgehead atoms. The van der Waals surface area contributed by atoms with Crippen LogP contribution in [0.2, 0.25) is 0 Å². The van der Waals surface area contributed by atoms with E-state index in [4.69, 9.17) is 4.74 Å². The van der Waals surface area contributed by atoms with Crippen molar-refractivity contribution >= 4 is 17.9 Å². The fourth-order valence-corrected chi connectivity index (χ4v) is 4.31. The molecule has 170 valence electrons. The van der Waals surface area contributed by atoms with E-state index >= 15 is 0 Å². The minimum absolute atomic E-state index is 0.00718. The Morgan fingerprint density at radius 3 is 2.55 bits per heavy atom. The number of benzene rings is 1. The molecule has 0 radical (unpaired) electrons. The van der Waals surface area contributed by atoms with Crippen LogP contribution in [0.4, 0.5) is 4.79 Å². The Balaban J connectivity index is 1.80. The van der Waals surface area contributed by atoms with E-state index in [1.807, 2.05) is 24.3 Å². The number of rotatable bonds is 2. The number of carboxylic acids is 1. The number of hydrogen-bond acceptors (Lipinski definition) is 4. The van der Waals surface area contributed by atoms with Gasteiger partial charge in [0.25, 0.3) is 0 Å². The Labute approximate surface area is 183 Å². The van der Waals surface area contributed by atoms with E-state index in [1.54, 1.807) is 0 Å². The van der Waals surface area contributed by atoms with Gasteiger partial charge in [-0.2, -0.15) is 0 Å². The van der Waals surface area contributed by atoms with E-state index in [2.05, 4.69) is 16.0 Å². The number of nitrogens with one attached hydrogen (secondary N) is 3. The second-order valence-corrected chi connectivity index (χ2v) is 8.44. The van der Waals surface area contributed by atoms with Crippen molar-refractivity contribution in [3.8, 4) is 5.75 Å². The van der Waals surface area contributed by atoms with E-state index in [0.29, 0.717) is 18.9 Å². The number of urea groups is 1. The van der Waals surface area contributed by atoms with Gasteiger partial charge in [0.1, 0.15) is 17.8 Å². The van der Waals surface area contributed by atoms with E-state index in [-0.39, 0.29) is 18.4 Å². The Morgan fingerprint density at radius 1 is 1.00 bits per heavy atom. The molecular weight excluding hydrogens is 398 g/mol. The van der Waals surface area contributed by atoms with E-state index < -0.39 is 24.0 Å². The number of carboxylic acid groups (broad SMARTS) is 1. The van der Waals surface area contributed by atoms with Crippen molar-refractivity contribution in [3.63, 3.8) is 0 Å². The van der Waals surface area contributed by atoms with Gasteiger partial charge in [-0.05, 0) is 55.7 Å². The number of fused-ring (bicyclic) bond motifs is 2. The molecule has 1 aliphatic carbocycles. The van der Waals surface area contributed by atoms with Gasteiger partial charge >= 0.3 is 12.0 Å². The van der Waals surface area contributed by atoms with Crippen molar-refractivity contribution in [2.45, 2.75) is 69.9 Å². The summed E-state index contributed by atoms with van der Waals surface area (Å²) in [6, 6.07) is 5.10. The highest BCUT2D eigenvalue weighted by Crippen LogP contribution is 2.27. The van der Waals surface area contributed by atoms with Gasteiger partial charge in [-0.3, -0.25) is 4.79 Å². The molecule has 0 spiro atoms. The molecule has 31 heavy (non-hydrogen) atoms. The molecule has 3 amide bonds. The molecule has 2 aliphatic rings. The van der Waals surface area contributed by atoms with Crippen LogP contribution in [-0.4, -0.2) is 48.2 Å². The van der Waals surface area contributed by atoms with Gasteiger partial charge in [0.2, 0.25) is 5.91 Å². The van der Waals surface area contributed by atoms with Gasteiger partial charge in [-0.1, -0.05) is 31.4 Å². The molecule has 1 saturated carbocycles. The van der Waals surface area contributed by atoms with Crippen LogP contribution in [0.1, 0.15) is 56.9 Å². The summed E-state index contributed by atoms with van der Waals surface area (Å²) in [6.07, 6.45) is 7.54. The third-order valence-corrected chi connectivity index (χ3v) is 6.02. The molecule has 3 rings (SSSR count). The molecule has 2 atom stereocenters. The smallest absolute Gasteiger partial charge is 0.326 e. The van der Waals surface area contributed by atoms with Crippen molar-refractivity contribution < 1.29 is 24.2 Å². The number of amides is 3. The van der Waals surface area contributed by atoms with Crippen LogP contribution in [0.5, 0.6) is 5.75 Å². The fourth-order valence-electron chi connectivity index (χ4n) is 4.31. The minimum atomic E-state index is -1.11. The monoisotopic (exact) mass is 431 g/mol. The first-order valence-corrected chi connectivity index (χ1v) is 11.3. The van der Waals surface area contributed by atoms with Gasteiger partial charge in [0.05, 0.1) is 6.61 Å². The molecule has 1 fully saturated rings. The summed E-state index contributed by atoms with van der Waals surface area (Å²) in [7, 11) is 0. The molecule has 8 nitrogen and oxygen atoms in total. The summed E-state index contributed by atoms with van der Waals surface area (Å²) >= 11 is 0. The van der Waals surface area contributed by atoms with Crippen LogP contribution in [0, 0.1) is 5.92 Å². The number of carbonyl (C=O) groups is 3. The maximum absolute atomic E-state index is 13.1. The number of aliphatic carboxylic acids is 1. The first-order chi connectivity index (χ1) is 15.0. The second kappa shape index (κ2) is 11.6. The Bertz CT molecular complexity index is 763. The van der Waals surface area contributed by atoms with Crippen LogP contribution in [0.15, 0.2) is 24.3 Å². The normalized spacial score (nSPS) is 24.6. The summed E-state index contributed by atoms with van der Waals surface area (Å²) in [5.74, 6) is -0.851. The zero-order valence-corrected chi connectivity index (χ0v) is 17.9. The minimum Gasteiger partial charge on any atom is -0.494 e. The van der Waals surface area contributed by atoms with E-state index in [9.17, 15) is 19.5 Å². The molecule has 0 saturated heterocycles. The summed E-state index contributed by atoms with van der Waals surface area (Å²) in [6.45, 7) is 1.07. The predicted octanol–water partition coefficient (Wildman–Crippen LogP) is 2.61. The maximum Gasteiger partial charge on any atom is 0.326 e. The number of hydrogen-bond donors (Lipinski definition) is 4. The zero-order valence-electron chi connectivity index (χ0n) is 17.9. The fraction of sp³-hybridized carbons (Fsp3) is 0.609. The van der Waals surface area contributed by atoms with E-state index in [0.717, 1.165) is 56.9 Å². The quantitative estimate of drug-likeness (QED) is 0.574. The lowest BCUT2D eigenvalue weighted by Crippen LogP contribution is -2.57. The van der Waals surface area contributed by atoms with Crippen LogP contribution in [-0.2, 0) is 16.0 Å². The van der Waals surface area contributed by atoms with Gasteiger partial charge < -0.3 is 25.8 Å². The van der Waals surface area contributed by atoms with Crippen molar-refractivity contribution in [2.75, 3.05) is 13.2 Å². The molecule has 1 heterocycles. The zero-order chi connectivity index (χ0) is 22.1. The van der Waals surface area contributed by atoms with Gasteiger partial charge in [0.15, 0.2) is 0 Å². The molecule has 1 aliphatic heterocycles. The average molecular weight is 432 g/mol. The maximum atomic E-state index is 13.1. The summed E-state index contributed by atoms with van der Waals surface area (Å²) in [5, 5.41) is 18.0. The van der Waals surface area contributed by atoms with Gasteiger partial charge in [-0.25, -0.2) is 9.59 Å². The topological polar surface area (TPSA) is 117 Å². The molecule has 4 N–H and O–H groups in total. The van der Waals surface area contributed by atoms with Crippen LogP contribution in [0.3, 0.4) is 0 Å². The number of ether oxygens (including phenoxy) is 1. The highest BCUT2D eigenvalue weighted by Gasteiger charge is 2.33. The van der Waals surface area contributed by atoms with Crippen molar-refractivity contribution in [1.82, 2.24) is 16.0 Å². The number of carbonyl (C=O) groups excluding carboxylic acids is 2. The third kappa shape index (κ3) is 7.15. The van der Waals surface area contributed by atoms with Crippen LogP contribution in [0.25, 0.3) is 0 Å². The SMILES string of the molecule is O=C1NCCCCCOc2cccc(c2)CC(C(=O)O)NC(=O)C(C2CCCCC2)N1.